The summed E-state index contributed by atoms with van der Waals surface area (Å²) in [5.41, 5.74) is 2.32. The molecule has 0 radical (unpaired) electrons. The summed E-state index contributed by atoms with van der Waals surface area (Å²) >= 11 is 0. The Bertz CT molecular complexity index is 1430. The lowest BCUT2D eigenvalue weighted by Gasteiger charge is -2.24. The fraction of sp³-hybridized carbons (Fsp3) is 0.200. The summed E-state index contributed by atoms with van der Waals surface area (Å²) in [6.45, 7) is 2.75. The van der Waals surface area contributed by atoms with Gasteiger partial charge in [-0.05, 0) is 42.8 Å². The maximum Gasteiger partial charge on any atom is 0.253 e. The van der Waals surface area contributed by atoms with E-state index in [0.29, 0.717) is 31.2 Å². The zero-order valence-corrected chi connectivity index (χ0v) is 18.0. The third kappa shape index (κ3) is 3.40. The van der Waals surface area contributed by atoms with Gasteiger partial charge < -0.3 is 14.2 Å². The van der Waals surface area contributed by atoms with Crippen molar-refractivity contribution in [3.05, 3.63) is 78.6 Å². The molecule has 1 amide bonds. The van der Waals surface area contributed by atoms with Gasteiger partial charge in [0.15, 0.2) is 11.4 Å². The van der Waals surface area contributed by atoms with Crippen molar-refractivity contribution in [1.29, 1.82) is 0 Å². The van der Waals surface area contributed by atoms with Gasteiger partial charge in [-0.3, -0.25) is 4.79 Å². The highest BCUT2D eigenvalue weighted by Crippen LogP contribution is 2.29. The number of carbonyl (C=O) groups excluding carboxylic acids is 1. The molecule has 0 saturated carbocycles. The van der Waals surface area contributed by atoms with Gasteiger partial charge >= 0.3 is 0 Å². The molecule has 0 spiro atoms. The van der Waals surface area contributed by atoms with E-state index >= 15 is 0 Å². The van der Waals surface area contributed by atoms with E-state index in [1.807, 2.05) is 76.0 Å². The Morgan fingerprint density at radius 1 is 0.848 bits per heavy atom. The zero-order chi connectivity index (χ0) is 22.2. The molecule has 2 aromatic carbocycles. The summed E-state index contributed by atoms with van der Waals surface area (Å²) in [5.74, 6) is 2.07. The third-order valence-corrected chi connectivity index (χ3v) is 6.06. The summed E-state index contributed by atoms with van der Waals surface area (Å²) < 4.78 is 7.61. The van der Waals surface area contributed by atoms with Crippen molar-refractivity contribution in [3.63, 3.8) is 0 Å². The maximum atomic E-state index is 13.0. The van der Waals surface area contributed by atoms with Crippen molar-refractivity contribution in [2.24, 2.45) is 0 Å². The first-order chi connectivity index (χ1) is 16.3. The topological polar surface area (TPSA) is 79.8 Å². The van der Waals surface area contributed by atoms with Crippen LogP contribution in [0.15, 0.2) is 77.4 Å². The molecule has 1 fully saturated rings. The number of rotatable bonds is 3. The lowest BCUT2D eigenvalue weighted by molar-refractivity contribution is 0.0767. The lowest BCUT2D eigenvalue weighted by atomic mass is 10.2. The van der Waals surface area contributed by atoms with Crippen LogP contribution in [0.1, 0.15) is 16.8 Å². The van der Waals surface area contributed by atoms with Gasteiger partial charge in [0.25, 0.3) is 5.91 Å². The van der Waals surface area contributed by atoms with Gasteiger partial charge in [0.05, 0.1) is 11.8 Å². The van der Waals surface area contributed by atoms with Crippen molar-refractivity contribution < 1.29 is 9.21 Å². The standard InChI is InChI=1S/C25H22N6O2/c32-24(18-8-2-1-3-9-18)29-13-7-14-30(16-15-29)25-26-20-11-5-4-10-19(20)22-27-28-23(31(22)25)21-12-6-17-33-21/h1-6,8-12,17H,7,13-16H2. The summed E-state index contributed by atoms with van der Waals surface area (Å²) in [4.78, 5) is 22.1. The van der Waals surface area contributed by atoms with E-state index in [1.165, 1.54) is 0 Å². The Balaban J connectivity index is 1.40. The monoisotopic (exact) mass is 438 g/mol. The van der Waals surface area contributed by atoms with Crippen molar-refractivity contribution >= 4 is 28.4 Å². The molecule has 8 heteroatoms. The number of para-hydroxylation sites is 1. The Hall–Kier alpha value is -4.20. The van der Waals surface area contributed by atoms with Crippen molar-refractivity contribution in [2.75, 3.05) is 31.1 Å². The molecule has 1 aliphatic heterocycles. The van der Waals surface area contributed by atoms with Crippen LogP contribution in [0.5, 0.6) is 0 Å². The minimum atomic E-state index is 0.0645. The second-order valence-electron chi connectivity index (χ2n) is 8.09. The fourth-order valence-corrected chi connectivity index (χ4v) is 4.43. The molecule has 6 rings (SSSR count). The minimum Gasteiger partial charge on any atom is -0.461 e. The van der Waals surface area contributed by atoms with Crippen LogP contribution in [0.25, 0.3) is 28.1 Å². The van der Waals surface area contributed by atoms with Gasteiger partial charge in [-0.2, -0.15) is 0 Å². The summed E-state index contributed by atoms with van der Waals surface area (Å²) in [6, 6.07) is 21.1. The highest BCUT2D eigenvalue weighted by atomic mass is 16.3. The summed E-state index contributed by atoms with van der Waals surface area (Å²) in [5, 5.41) is 9.86. The summed E-state index contributed by atoms with van der Waals surface area (Å²) in [6.07, 6.45) is 2.47. The van der Waals surface area contributed by atoms with E-state index in [9.17, 15) is 4.79 Å². The summed E-state index contributed by atoms with van der Waals surface area (Å²) in [7, 11) is 0. The molecule has 1 aliphatic rings. The Morgan fingerprint density at radius 2 is 1.70 bits per heavy atom. The van der Waals surface area contributed by atoms with E-state index in [-0.39, 0.29) is 5.91 Å². The number of nitrogens with zero attached hydrogens (tertiary/aromatic N) is 6. The number of fused-ring (bicyclic) bond motifs is 3. The number of anilines is 1. The van der Waals surface area contributed by atoms with Gasteiger partial charge in [0, 0.05) is 37.1 Å². The molecule has 4 heterocycles. The predicted molar refractivity (Wildman–Crippen MR) is 125 cm³/mol. The zero-order valence-electron chi connectivity index (χ0n) is 18.0. The second-order valence-corrected chi connectivity index (χ2v) is 8.09. The SMILES string of the molecule is O=C(c1ccccc1)N1CCCN(c2nc3ccccc3c3nnc(-c4ccco4)n23)CC1. The molecular weight excluding hydrogens is 416 g/mol. The molecule has 0 bridgehead atoms. The molecule has 0 unspecified atom stereocenters. The second kappa shape index (κ2) is 8.05. The molecule has 5 aromatic rings. The van der Waals surface area contributed by atoms with Crippen LogP contribution < -0.4 is 4.90 Å². The van der Waals surface area contributed by atoms with E-state index in [0.717, 1.165) is 41.0 Å². The highest BCUT2D eigenvalue weighted by Gasteiger charge is 2.25. The van der Waals surface area contributed by atoms with Crippen LogP contribution in [0, 0.1) is 0 Å². The predicted octanol–water partition coefficient (Wildman–Crippen LogP) is 3.89. The normalized spacial score (nSPS) is 14.7. The van der Waals surface area contributed by atoms with Gasteiger partial charge in [0.1, 0.15) is 0 Å². The van der Waals surface area contributed by atoms with Crippen LogP contribution in [0.4, 0.5) is 5.95 Å². The van der Waals surface area contributed by atoms with E-state index < -0.39 is 0 Å². The Morgan fingerprint density at radius 3 is 2.55 bits per heavy atom. The Kier molecular flexibility index (Phi) is 4.75. The Labute approximate surface area is 190 Å². The van der Waals surface area contributed by atoms with Crippen LogP contribution in [0.2, 0.25) is 0 Å². The smallest absolute Gasteiger partial charge is 0.253 e. The van der Waals surface area contributed by atoms with Gasteiger partial charge in [0.2, 0.25) is 11.8 Å². The largest absolute Gasteiger partial charge is 0.461 e. The molecule has 0 atom stereocenters. The third-order valence-electron chi connectivity index (χ3n) is 6.06. The average molecular weight is 438 g/mol. The van der Waals surface area contributed by atoms with Crippen LogP contribution in [-0.2, 0) is 0 Å². The maximum absolute atomic E-state index is 13.0. The van der Waals surface area contributed by atoms with Gasteiger partial charge in [-0.25, -0.2) is 9.38 Å². The lowest BCUT2D eigenvalue weighted by Crippen LogP contribution is -2.35. The van der Waals surface area contributed by atoms with Gasteiger partial charge in [-0.1, -0.05) is 30.3 Å². The molecule has 0 aliphatic carbocycles. The number of aromatic nitrogens is 4. The number of hydrogen-bond donors (Lipinski definition) is 0. The number of furan rings is 1. The molecule has 0 N–H and O–H groups in total. The van der Waals surface area contributed by atoms with E-state index in [4.69, 9.17) is 9.40 Å². The number of hydrogen-bond acceptors (Lipinski definition) is 6. The quantitative estimate of drug-likeness (QED) is 0.425. The van der Waals surface area contributed by atoms with Crippen LogP contribution >= 0.6 is 0 Å². The highest BCUT2D eigenvalue weighted by molar-refractivity contribution is 5.94. The number of carbonyl (C=O) groups is 1. The molecular formula is C25H22N6O2. The van der Waals surface area contributed by atoms with Crippen LogP contribution in [-0.4, -0.2) is 56.6 Å². The first-order valence-electron chi connectivity index (χ1n) is 11.1. The molecule has 164 valence electrons. The van der Waals surface area contributed by atoms with Crippen LogP contribution in [0.3, 0.4) is 0 Å². The number of amides is 1. The molecule has 33 heavy (non-hydrogen) atoms. The van der Waals surface area contributed by atoms with Crippen molar-refractivity contribution in [2.45, 2.75) is 6.42 Å². The van der Waals surface area contributed by atoms with Gasteiger partial charge in [-0.15, -0.1) is 10.2 Å². The minimum absolute atomic E-state index is 0.0645. The number of benzene rings is 2. The van der Waals surface area contributed by atoms with E-state index in [1.54, 1.807) is 6.26 Å². The molecule has 1 saturated heterocycles. The fourth-order valence-electron chi connectivity index (χ4n) is 4.43. The first kappa shape index (κ1) is 19.5. The molecule has 3 aromatic heterocycles. The van der Waals surface area contributed by atoms with E-state index in [2.05, 4.69) is 15.1 Å². The first-order valence-corrected chi connectivity index (χ1v) is 11.1. The average Bonchev–Trinajstić information content (AvgIpc) is 3.49. The molecule has 8 nitrogen and oxygen atoms in total. The van der Waals surface area contributed by atoms with Crippen molar-refractivity contribution in [3.8, 4) is 11.6 Å². The van der Waals surface area contributed by atoms with Crippen molar-refractivity contribution in [1.82, 2.24) is 24.5 Å².